The number of rotatable bonds is 0. The van der Waals surface area contributed by atoms with E-state index in [4.69, 9.17) is 0 Å². The Morgan fingerprint density at radius 3 is 0.769 bits per heavy atom. The summed E-state index contributed by atoms with van der Waals surface area (Å²) in [7, 11) is -8.35. The molecule has 0 unspecified atom stereocenters. The molecular formula is HfO10Si2. The molecule has 13 heteroatoms. The monoisotopic (exact) mass is 396 g/mol. The summed E-state index contributed by atoms with van der Waals surface area (Å²) in [6.45, 7) is 0. The van der Waals surface area contributed by atoms with Gasteiger partial charge in [0.25, 0.3) is 18.1 Å². The van der Waals surface area contributed by atoms with Gasteiger partial charge >= 0.3 is 25.8 Å². The molecule has 2 aliphatic heterocycles. The summed E-state index contributed by atoms with van der Waals surface area (Å²) in [5, 5.41) is 6.75. The molecule has 2 saturated heterocycles. The molecule has 2 heterocycles. The minimum atomic E-state index is -4.17. The quantitative estimate of drug-likeness (QED) is 0.287. The van der Waals surface area contributed by atoms with E-state index in [1.807, 2.05) is 0 Å². The zero-order valence-electron chi connectivity index (χ0n) is 5.58. The number of hydrogen-bond donors (Lipinski definition) is 0. The van der Waals surface area contributed by atoms with Gasteiger partial charge < -0.3 is 19.2 Å². The second-order valence-corrected chi connectivity index (χ2v) is 4.14. The summed E-state index contributed by atoms with van der Waals surface area (Å²) in [4.78, 5) is 38.3. The fraction of sp³-hybridized carbons (Fsp3) is 0. The average Bonchev–Trinajstić information content (AvgIpc) is 1.83. The van der Waals surface area contributed by atoms with Crippen molar-refractivity contribution in [2.45, 2.75) is 0 Å². The Morgan fingerprint density at radius 1 is 0.615 bits per heavy atom. The third-order valence-corrected chi connectivity index (χ3v) is 1.63. The molecule has 72 valence electrons. The van der Waals surface area contributed by atoms with Gasteiger partial charge in [-0.25, -0.2) is 0 Å². The minimum absolute atomic E-state index is 0. The van der Waals surface area contributed by atoms with Crippen molar-refractivity contribution in [1.29, 1.82) is 0 Å². The summed E-state index contributed by atoms with van der Waals surface area (Å²) < 4.78 is 13.7. The Labute approximate surface area is 91.6 Å². The van der Waals surface area contributed by atoms with Crippen molar-refractivity contribution in [3.63, 3.8) is 0 Å². The van der Waals surface area contributed by atoms with Crippen LogP contribution in [0.4, 0.5) is 0 Å². The van der Waals surface area contributed by atoms with Gasteiger partial charge in [0.05, 0.1) is 0 Å². The SMILES string of the molecule is [Hf+4].[O-][Si]1([O-])OOO1.[O-][Si]1([O-])OOO1. The van der Waals surface area contributed by atoms with Crippen LogP contribution in [0.5, 0.6) is 0 Å². The molecule has 0 bridgehead atoms. The van der Waals surface area contributed by atoms with E-state index in [9.17, 15) is 19.2 Å². The first-order valence-corrected chi connectivity index (χ1v) is 5.57. The zero-order valence-corrected chi connectivity index (χ0v) is 11.2. The van der Waals surface area contributed by atoms with E-state index in [0.717, 1.165) is 0 Å². The second-order valence-electron chi connectivity index (χ2n) is 1.47. The Balaban J connectivity index is 0.000000206. The fourth-order valence-electron chi connectivity index (χ4n) is 0.179. The van der Waals surface area contributed by atoms with E-state index in [1.165, 1.54) is 0 Å². The molecule has 2 fully saturated rings. The van der Waals surface area contributed by atoms with Crippen LogP contribution in [0.3, 0.4) is 0 Å². The van der Waals surface area contributed by atoms with Crippen molar-refractivity contribution < 1.29 is 73.4 Å². The van der Waals surface area contributed by atoms with Gasteiger partial charge in [0.1, 0.15) is 0 Å². The van der Waals surface area contributed by atoms with Crippen molar-refractivity contribution >= 4 is 18.1 Å². The molecule has 0 N–H and O–H groups in total. The Hall–Kier alpha value is 0.904. The smallest absolute Gasteiger partial charge is 0.824 e. The molecule has 0 aliphatic carbocycles. The Kier molecular flexibility index (Phi) is 5.47. The largest absolute Gasteiger partial charge is 4.00 e. The molecule has 0 atom stereocenters. The molecule has 2 rings (SSSR count). The van der Waals surface area contributed by atoms with E-state index in [-0.39, 0.29) is 25.8 Å². The van der Waals surface area contributed by atoms with Gasteiger partial charge in [-0.2, -0.15) is 0 Å². The molecule has 13 heavy (non-hydrogen) atoms. The molecule has 0 radical (unpaired) electrons. The van der Waals surface area contributed by atoms with E-state index < -0.39 is 18.1 Å². The van der Waals surface area contributed by atoms with Crippen LogP contribution < -0.4 is 19.2 Å². The standard InChI is InChI=1S/Hf.2O5Si/c;2*1-6(2)4-3-5-6/q+4;2*-2. The van der Waals surface area contributed by atoms with E-state index in [1.54, 1.807) is 0 Å². The molecule has 0 aromatic rings. The molecule has 0 spiro atoms. The summed E-state index contributed by atoms with van der Waals surface area (Å²) >= 11 is 0. The first-order valence-electron chi connectivity index (χ1n) is 2.30. The van der Waals surface area contributed by atoms with Gasteiger partial charge in [-0.05, 0) is 0 Å². The van der Waals surface area contributed by atoms with E-state index >= 15 is 0 Å². The third-order valence-electron chi connectivity index (χ3n) is 0.544. The van der Waals surface area contributed by atoms with Crippen LogP contribution in [0.2, 0.25) is 0 Å². The first-order chi connectivity index (χ1) is 5.41. The van der Waals surface area contributed by atoms with E-state index in [2.05, 4.69) is 28.4 Å². The number of hydrogen-bond acceptors (Lipinski definition) is 10. The Bertz CT molecular complexity index is 125. The van der Waals surface area contributed by atoms with Gasteiger partial charge in [0, 0.05) is 0 Å². The normalized spacial score (nSPS) is 26.8. The minimum Gasteiger partial charge on any atom is -0.824 e. The van der Waals surface area contributed by atoms with Gasteiger partial charge in [-0.3, -0.25) is 18.3 Å². The van der Waals surface area contributed by atoms with Crippen molar-refractivity contribution in [2.75, 3.05) is 0 Å². The summed E-state index contributed by atoms with van der Waals surface area (Å²) in [5.74, 6) is 0. The van der Waals surface area contributed by atoms with Crippen molar-refractivity contribution in [3.8, 4) is 0 Å². The molecule has 2 aliphatic rings. The van der Waals surface area contributed by atoms with Crippen molar-refractivity contribution in [1.82, 2.24) is 0 Å². The summed E-state index contributed by atoms with van der Waals surface area (Å²) in [6, 6.07) is 0. The molecular weight excluding hydrogens is 395 g/mol. The fourth-order valence-corrected chi connectivity index (χ4v) is 0.537. The average molecular weight is 395 g/mol. The van der Waals surface area contributed by atoms with Crippen molar-refractivity contribution in [3.05, 3.63) is 0 Å². The molecule has 10 nitrogen and oxygen atoms in total. The van der Waals surface area contributed by atoms with Crippen LogP contribution in [0, 0.1) is 0 Å². The predicted molar refractivity (Wildman–Crippen MR) is 18.0 cm³/mol. The summed E-state index contributed by atoms with van der Waals surface area (Å²) in [6.07, 6.45) is 0. The van der Waals surface area contributed by atoms with Gasteiger partial charge in [-0.15, -0.1) is 0 Å². The third kappa shape index (κ3) is 5.37. The van der Waals surface area contributed by atoms with Crippen LogP contribution >= 0.6 is 0 Å². The molecule has 0 amide bonds. The predicted octanol–water partition coefficient (Wildman–Crippen LogP) is -5.93. The van der Waals surface area contributed by atoms with Gasteiger partial charge in [0.2, 0.25) is 0 Å². The molecule has 0 saturated carbocycles. The van der Waals surface area contributed by atoms with Crippen molar-refractivity contribution in [2.24, 2.45) is 0 Å². The van der Waals surface area contributed by atoms with Crippen LogP contribution in [0.1, 0.15) is 0 Å². The second kappa shape index (κ2) is 5.12. The van der Waals surface area contributed by atoms with Gasteiger partial charge in [-0.1, -0.05) is 10.1 Å². The van der Waals surface area contributed by atoms with Crippen LogP contribution in [0.15, 0.2) is 0 Å². The first kappa shape index (κ1) is 13.9. The maximum Gasteiger partial charge on any atom is 4.00 e. The van der Waals surface area contributed by atoms with Crippen LogP contribution in [-0.2, 0) is 54.2 Å². The Morgan fingerprint density at radius 2 is 0.769 bits per heavy atom. The van der Waals surface area contributed by atoms with Gasteiger partial charge in [0.15, 0.2) is 0 Å². The molecule has 0 aromatic carbocycles. The maximum atomic E-state index is 9.57. The molecule has 0 aromatic heterocycles. The zero-order chi connectivity index (χ0) is 9.24. The van der Waals surface area contributed by atoms with E-state index in [0.29, 0.717) is 0 Å². The van der Waals surface area contributed by atoms with Crippen LogP contribution in [-0.4, -0.2) is 18.1 Å². The topological polar surface area (TPSA) is 148 Å². The summed E-state index contributed by atoms with van der Waals surface area (Å²) in [5.41, 5.74) is 0. The van der Waals surface area contributed by atoms with Crippen LogP contribution in [0.25, 0.3) is 0 Å². The maximum absolute atomic E-state index is 9.57.